The van der Waals surface area contributed by atoms with E-state index in [2.05, 4.69) is 57.6 Å². The third-order valence-corrected chi connectivity index (χ3v) is 7.09. The topological polar surface area (TPSA) is 120 Å². The van der Waals surface area contributed by atoms with Gasteiger partial charge in [0.1, 0.15) is 5.82 Å². The first kappa shape index (κ1) is 25.2. The number of aryl methyl sites for hydroxylation is 2. The number of aliphatic hydroxyl groups is 1. The molecule has 1 saturated carbocycles. The van der Waals surface area contributed by atoms with Gasteiger partial charge in [-0.25, -0.2) is 9.97 Å². The van der Waals surface area contributed by atoms with Crippen LogP contribution in [0.2, 0.25) is 0 Å². The number of aliphatic hydroxyl groups excluding tert-OH is 1. The van der Waals surface area contributed by atoms with E-state index in [1.807, 2.05) is 6.92 Å². The zero-order valence-electron chi connectivity index (χ0n) is 21.2. The van der Waals surface area contributed by atoms with Gasteiger partial charge in [-0.3, -0.25) is 4.79 Å². The summed E-state index contributed by atoms with van der Waals surface area (Å²) in [5.41, 5.74) is 9.82. The molecule has 0 bridgehead atoms. The summed E-state index contributed by atoms with van der Waals surface area (Å²) in [4.78, 5) is 26.5. The Kier molecular flexibility index (Phi) is 8.07. The molecule has 9 heteroatoms. The van der Waals surface area contributed by atoms with Crippen molar-refractivity contribution in [3.63, 3.8) is 0 Å². The van der Waals surface area contributed by atoms with Gasteiger partial charge in [0.15, 0.2) is 11.5 Å². The van der Waals surface area contributed by atoms with Crippen molar-refractivity contribution in [2.24, 2.45) is 5.73 Å². The molecule has 2 aromatic rings. The van der Waals surface area contributed by atoms with E-state index in [4.69, 9.17) is 10.7 Å². The second-order valence-corrected chi connectivity index (χ2v) is 9.74. The number of rotatable bonds is 8. The molecule has 35 heavy (non-hydrogen) atoms. The summed E-state index contributed by atoms with van der Waals surface area (Å²) in [6.45, 7) is 8.14. The number of carbonyl (C=O) groups excluding carboxylic acids is 1. The Morgan fingerprint density at radius 1 is 1.03 bits per heavy atom. The Labute approximate surface area is 208 Å². The average Bonchev–Trinajstić information content (AvgIpc) is 2.85. The minimum atomic E-state index is -0.604. The second kappa shape index (κ2) is 11.2. The molecule has 0 spiro atoms. The number of primary amides is 1. The monoisotopic (exact) mass is 481 g/mol. The zero-order chi connectivity index (χ0) is 24.9. The summed E-state index contributed by atoms with van der Waals surface area (Å²) in [5, 5.41) is 16.7. The molecule has 2 aliphatic rings. The maximum absolute atomic E-state index is 12.3. The van der Waals surface area contributed by atoms with E-state index in [1.165, 1.54) is 5.56 Å². The first-order valence-electron chi connectivity index (χ1n) is 12.9. The number of likely N-dealkylation sites (N-methyl/N-ethyl adjacent to an activating group) is 1. The van der Waals surface area contributed by atoms with Crippen LogP contribution in [0.3, 0.4) is 0 Å². The van der Waals surface area contributed by atoms with Crippen LogP contribution in [0.15, 0.2) is 18.2 Å². The smallest absolute Gasteiger partial charge is 0.271 e. The largest absolute Gasteiger partial charge is 0.393 e. The summed E-state index contributed by atoms with van der Waals surface area (Å²) in [6, 6.07) is 6.66. The number of piperazine rings is 1. The molecule has 2 fully saturated rings. The van der Waals surface area contributed by atoms with Crippen molar-refractivity contribution in [2.75, 3.05) is 48.8 Å². The van der Waals surface area contributed by atoms with E-state index in [9.17, 15) is 9.90 Å². The Morgan fingerprint density at radius 3 is 2.37 bits per heavy atom. The van der Waals surface area contributed by atoms with Gasteiger partial charge < -0.3 is 31.3 Å². The summed E-state index contributed by atoms with van der Waals surface area (Å²) in [7, 11) is 2.15. The molecule has 4 rings (SSSR count). The first-order chi connectivity index (χ1) is 16.9. The van der Waals surface area contributed by atoms with E-state index in [0.717, 1.165) is 75.4 Å². The van der Waals surface area contributed by atoms with Gasteiger partial charge in [-0.1, -0.05) is 13.8 Å². The predicted molar refractivity (Wildman–Crippen MR) is 141 cm³/mol. The molecule has 5 N–H and O–H groups in total. The van der Waals surface area contributed by atoms with Gasteiger partial charge in [-0.2, -0.15) is 0 Å². The molecular weight excluding hydrogens is 442 g/mol. The average molecular weight is 482 g/mol. The highest BCUT2D eigenvalue weighted by molar-refractivity contribution is 5.96. The summed E-state index contributed by atoms with van der Waals surface area (Å²) in [5.74, 6) is 0.436. The molecular formula is C26H39N7O2. The Balaban J connectivity index is 1.64. The van der Waals surface area contributed by atoms with Gasteiger partial charge >= 0.3 is 0 Å². The number of nitrogens with one attached hydrogen (secondary N) is 2. The Bertz CT molecular complexity index is 1030. The number of aromatic nitrogens is 2. The molecule has 9 nitrogen and oxygen atoms in total. The van der Waals surface area contributed by atoms with E-state index < -0.39 is 5.91 Å². The van der Waals surface area contributed by atoms with E-state index >= 15 is 0 Å². The van der Waals surface area contributed by atoms with Gasteiger partial charge in [0.2, 0.25) is 0 Å². The van der Waals surface area contributed by atoms with Crippen molar-refractivity contribution in [2.45, 2.75) is 64.5 Å². The number of nitrogens with zero attached hydrogens (tertiary/aromatic N) is 4. The fourth-order valence-corrected chi connectivity index (χ4v) is 4.84. The zero-order valence-corrected chi connectivity index (χ0v) is 21.2. The first-order valence-corrected chi connectivity index (χ1v) is 12.9. The van der Waals surface area contributed by atoms with Crippen molar-refractivity contribution >= 4 is 28.9 Å². The lowest BCUT2D eigenvalue weighted by Gasteiger charge is -2.34. The minimum absolute atomic E-state index is 0.148. The third kappa shape index (κ3) is 6.21. The summed E-state index contributed by atoms with van der Waals surface area (Å²) in [6.07, 6.45) is 4.60. The fraction of sp³-hybridized carbons (Fsp3) is 0.577. The highest BCUT2D eigenvalue weighted by atomic mass is 16.3. The molecule has 2 heterocycles. The van der Waals surface area contributed by atoms with Gasteiger partial charge in [0, 0.05) is 43.6 Å². The predicted octanol–water partition coefficient (Wildman–Crippen LogP) is 2.91. The quantitative estimate of drug-likeness (QED) is 0.454. The highest BCUT2D eigenvalue weighted by Crippen LogP contribution is 2.29. The molecule has 1 aromatic heterocycles. The van der Waals surface area contributed by atoms with Crippen LogP contribution < -0.4 is 21.3 Å². The fourth-order valence-electron chi connectivity index (χ4n) is 4.84. The number of anilines is 4. The summed E-state index contributed by atoms with van der Waals surface area (Å²) < 4.78 is 0. The van der Waals surface area contributed by atoms with Crippen LogP contribution in [0.1, 0.15) is 61.3 Å². The van der Waals surface area contributed by atoms with Crippen LogP contribution in [0, 0.1) is 0 Å². The van der Waals surface area contributed by atoms with E-state index in [0.29, 0.717) is 18.1 Å². The SMILES string of the molecule is CCc1cc(Nc2nc(N[C@H]3CC[C@H](O)CC3)c(CC)nc2C(N)=O)cc(N2CCN(C)CC2)c1. The number of amides is 1. The molecule has 1 saturated heterocycles. The van der Waals surface area contributed by atoms with Gasteiger partial charge in [0.05, 0.1) is 11.8 Å². The maximum atomic E-state index is 12.3. The van der Waals surface area contributed by atoms with Gasteiger partial charge in [-0.15, -0.1) is 0 Å². The van der Waals surface area contributed by atoms with Crippen molar-refractivity contribution in [1.82, 2.24) is 14.9 Å². The number of hydrogen-bond donors (Lipinski definition) is 4. The normalized spacial score (nSPS) is 21.1. The van der Waals surface area contributed by atoms with Crippen LogP contribution in [0.25, 0.3) is 0 Å². The third-order valence-electron chi connectivity index (χ3n) is 7.09. The van der Waals surface area contributed by atoms with Crippen LogP contribution in [-0.2, 0) is 12.8 Å². The highest BCUT2D eigenvalue weighted by Gasteiger charge is 2.23. The molecule has 1 aliphatic heterocycles. The van der Waals surface area contributed by atoms with Crippen LogP contribution in [0.4, 0.5) is 23.0 Å². The van der Waals surface area contributed by atoms with Crippen molar-refractivity contribution in [1.29, 1.82) is 0 Å². The van der Waals surface area contributed by atoms with Crippen molar-refractivity contribution in [3.8, 4) is 0 Å². The molecule has 0 radical (unpaired) electrons. The van der Waals surface area contributed by atoms with Gasteiger partial charge in [0.25, 0.3) is 5.91 Å². The molecule has 0 unspecified atom stereocenters. The second-order valence-electron chi connectivity index (χ2n) is 9.74. The maximum Gasteiger partial charge on any atom is 0.271 e. The molecule has 1 amide bonds. The minimum Gasteiger partial charge on any atom is -0.393 e. The number of benzene rings is 1. The van der Waals surface area contributed by atoms with Crippen molar-refractivity contribution < 1.29 is 9.90 Å². The summed E-state index contributed by atoms with van der Waals surface area (Å²) >= 11 is 0. The Morgan fingerprint density at radius 2 is 1.74 bits per heavy atom. The number of carbonyl (C=O) groups is 1. The number of hydrogen-bond acceptors (Lipinski definition) is 8. The molecule has 1 aromatic carbocycles. The Hall–Kier alpha value is -2.91. The van der Waals surface area contributed by atoms with Crippen LogP contribution >= 0.6 is 0 Å². The lowest BCUT2D eigenvalue weighted by molar-refractivity contribution is 0.0996. The molecule has 0 atom stereocenters. The standard InChI is InChI=1S/C26H39N7O2/c1-4-17-14-19(16-20(15-17)33-12-10-32(3)11-13-33)29-26-23(24(27)35)30-22(5-2)25(31-26)28-18-6-8-21(34)9-7-18/h14-16,18,21,34H,4-13H2,1-3H3,(H2,27,35)(H2,28,29,31)/t18-,21-. The van der Waals surface area contributed by atoms with Crippen LogP contribution in [-0.4, -0.2) is 71.3 Å². The lowest BCUT2D eigenvalue weighted by Crippen LogP contribution is -2.44. The van der Waals surface area contributed by atoms with Crippen molar-refractivity contribution in [3.05, 3.63) is 35.2 Å². The van der Waals surface area contributed by atoms with E-state index in [1.54, 1.807) is 0 Å². The molecule has 1 aliphatic carbocycles. The van der Waals surface area contributed by atoms with Crippen LogP contribution in [0.5, 0.6) is 0 Å². The van der Waals surface area contributed by atoms with E-state index in [-0.39, 0.29) is 17.8 Å². The number of nitrogens with two attached hydrogens (primary N) is 1. The van der Waals surface area contributed by atoms with Gasteiger partial charge in [-0.05, 0) is 69.3 Å². The lowest BCUT2D eigenvalue weighted by atomic mass is 9.93. The molecule has 190 valence electrons.